The highest BCUT2D eigenvalue weighted by Gasteiger charge is 2.53. The highest BCUT2D eigenvalue weighted by Crippen LogP contribution is 2.47. The fourth-order valence-electron chi connectivity index (χ4n) is 3.98. The maximum atomic E-state index is 14.4. The van der Waals surface area contributed by atoms with E-state index in [4.69, 9.17) is 0 Å². The Morgan fingerprint density at radius 2 is 1.67 bits per heavy atom. The summed E-state index contributed by atoms with van der Waals surface area (Å²) in [6.07, 6.45) is 2.18. The first-order valence-corrected chi connectivity index (χ1v) is 8.50. The summed E-state index contributed by atoms with van der Waals surface area (Å²) in [6, 6.07) is 14.4. The summed E-state index contributed by atoms with van der Waals surface area (Å²) in [6.45, 7) is 10.8. The molecule has 0 unspecified atom stereocenters. The molecule has 2 aromatic carbocycles. The number of halogens is 1. The number of hydrogen-bond acceptors (Lipinski definition) is 0. The molecule has 1 aliphatic heterocycles. The van der Waals surface area contributed by atoms with Crippen LogP contribution in [0, 0.1) is 12.7 Å². The summed E-state index contributed by atoms with van der Waals surface area (Å²) in [5.74, 6) is -0.119. The van der Waals surface area contributed by atoms with Crippen LogP contribution >= 0.6 is 0 Å². The zero-order valence-electron chi connectivity index (χ0n) is 14.9. The van der Waals surface area contributed by atoms with Crippen molar-refractivity contribution < 1.29 is 8.96 Å². The van der Waals surface area contributed by atoms with E-state index in [-0.39, 0.29) is 16.8 Å². The van der Waals surface area contributed by atoms with Gasteiger partial charge >= 0.3 is 0 Å². The molecule has 2 heteroatoms. The van der Waals surface area contributed by atoms with Crippen LogP contribution in [-0.4, -0.2) is 0 Å². The highest BCUT2D eigenvalue weighted by atomic mass is 19.1. The second-order valence-electron chi connectivity index (χ2n) is 7.95. The van der Waals surface area contributed by atoms with Crippen molar-refractivity contribution in [3.63, 3.8) is 0 Å². The van der Waals surface area contributed by atoms with E-state index < -0.39 is 0 Å². The topological polar surface area (TPSA) is 3.88 Å². The first kappa shape index (κ1) is 15.3. The van der Waals surface area contributed by atoms with E-state index in [1.165, 1.54) is 16.5 Å². The van der Waals surface area contributed by atoms with Crippen molar-refractivity contribution in [1.82, 2.24) is 0 Å². The minimum absolute atomic E-state index is 0.119. The SMILES string of the molecule is Cc1cc2c(cc1F)C(C)(C)C(C)(C)[n+]1ccc3ccccc3c1-2. The predicted octanol–water partition coefficient (Wildman–Crippen LogP) is 5.27. The Morgan fingerprint density at radius 3 is 2.42 bits per heavy atom. The van der Waals surface area contributed by atoms with Crippen LogP contribution in [0.1, 0.15) is 38.8 Å². The fourth-order valence-corrected chi connectivity index (χ4v) is 3.98. The highest BCUT2D eigenvalue weighted by molar-refractivity contribution is 5.94. The largest absolute Gasteiger partial charge is 0.221 e. The Morgan fingerprint density at radius 1 is 0.958 bits per heavy atom. The van der Waals surface area contributed by atoms with Crippen molar-refractivity contribution >= 4 is 10.8 Å². The summed E-state index contributed by atoms with van der Waals surface area (Å²) in [5, 5.41) is 2.43. The van der Waals surface area contributed by atoms with Crippen molar-refractivity contribution in [2.24, 2.45) is 0 Å². The van der Waals surface area contributed by atoms with Crippen LogP contribution in [0.2, 0.25) is 0 Å². The molecule has 0 atom stereocenters. The van der Waals surface area contributed by atoms with Crippen LogP contribution in [0.25, 0.3) is 22.0 Å². The lowest BCUT2D eigenvalue weighted by molar-refractivity contribution is -0.759. The van der Waals surface area contributed by atoms with Gasteiger partial charge in [-0.3, -0.25) is 0 Å². The summed E-state index contributed by atoms with van der Waals surface area (Å²) in [7, 11) is 0. The quantitative estimate of drug-likeness (QED) is 0.497. The van der Waals surface area contributed by atoms with Crippen LogP contribution in [0.3, 0.4) is 0 Å². The Kier molecular flexibility index (Phi) is 2.97. The first-order valence-electron chi connectivity index (χ1n) is 8.50. The second-order valence-corrected chi connectivity index (χ2v) is 7.95. The standard InChI is InChI=1S/C22H23FN/c1-14-12-17-18(13-19(14)23)21(2,3)22(4,5)24-11-10-15-8-6-7-9-16(15)20(17)24/h6-13H,1-5H3/q+1. The van der Waals surface area contributed by atoms with Crippen molar-refractivity contribution in [3.05, 3.63) is 65.6 Å². The van der Waals surface area contributed by atoms with E-state index in [1.807, 2.05) is 13.0 Å². The lowest BCUT2D eigenvalue weighted by Gasteiger charge is -2.42. The van der Waals surface area contributed by atoms with Crippen molar-refractivity contribution in [3.8, 4) is 11.3 Å². The molecule has 122 valence electrons. The van der Waals surface area contributed by atoms with Gasteiger partial charge in [-0.15, -0.1) is 0 Å². The van der Waals surface area contributed by atoms with Crippen molar-refractivity contribution in [2.75, 3.05) is 0 Å². The van der Waals surface area contributed by atoms with Crippen molar-refractivity contribution in [1.29, 1.82) is 0 Å². The zero-order chi connectivity index (χ0) is 17.3. The van der Waals surface area contributed by atoms with Gasteiger partial charge in [0.05, 0.1) is 16.4 Å². The van der Waals surface area contributed by atoms with Gasteiger partial charge in [-0.1, -0.05) is 18.2 Å². The third-order valence-electron chi connectivity index (χ3n) is 6.22. The molecule has 0 fully saturated rings. The van der Waals surface area contributed by atoms with E-state index in [9.17, 15) is 4.39 Å². The number of pyridine rings is 1. The zero-order valence-corrected chi connectivity index (χ0v) is 14.9. The third kappa shape index (κ3) is 1.77. The predicted molar refractivity (Wildman–Crippen MR) is 96.6 cm³/mol. The van der Waals surface area contributed by atoms with Gasteiger partial charge in [-0.25, -0.2) is 4.39 Å². The smallest absolute Gasteiger partial charge is 0.207 e. The van der Waals surface area contributed by atoms with E-state index in [0.29, 0.717) is 5.56 Å². The van der Waals surface area contributed by atoms with Crippen LogP contribution in [-0.2, 0) is 11.0 Å². The average molecular weight is 320 g/mol. The average Bonchev–Trinajstić information content (AvgIpc) is 2.54. The first-order chi connectivity index (χ1) is 11.2. The molecule has 0 saturated carbocycles. The van der Waals surface area contributed by atoms with Gasteiger partial charge in [0, 0.05) is 19.9 Å². The van der Waals surface area contributed by atoms with E-state index in [0.717, 1.165) is 11.1 Å². The molecule has 0 amide bonds. The Bertz CT molecular complexity index is 983. The minimum Gasteiger partial charge on any atom is -0.207 e. The minimum atomic E-state index is -0.184. The molecule has 0 radical (unpaired) electrons. The molecule has 0 bridgehead atoms. The summed E-state index contributed by atoms with van der Waals surface area (Å²) < 4.78 is 16.8. The molecule has 0 N–H and O–H groups in total. The molecule has 0 spiro atoms. The number of hydrogen-bond donors (Lipinski definition) is 0. The van der Waals surface area contributed by atoms with E-state index in [1.54, 1.807) is 6.07 Å². The van der Waals surface area contributed by atoms with Gasteiger partial charge in [0.15, 0.2) is 11.7 Å². The van der Waals surface area contributed by atoms with Gasteiger partial charge in [0.25, 0.3) is 0 Å². The molecule has 4 rings (SSSR count). The Balaban J connectivity index is 2.23. The van der Waals surface area contributed by atoms with E-state index >= 15 is 0 Å². The molecule has 3 aromatic rings. The second kappa shape index (κ2) is 4.66. The Hall–Kier alpha value is -2.22. The fraction of sp³-hybridized carbons (Fsp3) is 0.318. The summed E-state index contributed by atoms with van der Waals surface area (Å²) in [5.41, 5.74) is 3.78. The van der Waals surface area contributed by atoms with Crippen LogP contribution in [0.4, 0.5) is 4.39 Å². The molecular formula is C22H23FN+. The molecule has 0 aliphatic carbocycles. The van der Waals surface area contributed by atoms with Crippen LogP contribution in [0.15, 0.2) is 48.7 Å². The van der Waals surface area contributed by atoms with Crippen molar-refractivity contribution in [2.45, 2.75) is 45.6 Å². The van der Waals surface area contributed by atoms with Gasteiger partial charge in [-0.05, 0) is 55.5 Å². The maximum absolute atomic E-state index is 14.4. The molecule has 1 aliphatic rings. The molecule has 0 saturated heterocycles. The van der Waals surface area contributed by atoms with Crippen LogP contribution in [0.5, 0.6) is 0 Å². The number of aromatic nitrogens is 1. The van der Waals surface area contributed by atoms with E-state index in [2.05, 4.69) is 68.8 Å². The molecule has 2 heterocycles. The van der Waals surface area contributed by atoms with Crippen LogP contribution < -0.4 is 4.57 Å². The molecular weight excluding hydrogens is 297 g/mol. The lowest BCUT2D eigenvalue weighted by Crippen LogP contribution is -2.65. The maximum Gasteiger partial charge on any atom is 0.221 e. The van der Waals surface area contributed by atoms with Gasteiger partial charge in [0.1, 0.15) is 5.82 Å². The number of benzene rings is 2. The summed E-state index contributed by atoms with van der Waals surface area (Å²) in [4.78, 5) is 0. The number of aryl methyl sites for hydroxylation is 1. The Labute approximate surface area is 142 Å². The number of fused-ring (bicyclic) bond motifs is 5. The van der Waals surface area contributed by atoms with Gasteiger partial charge in [0.2, 0.25) is 5.69 Å². The number of rotatable bonds is 0. The van der Waals surface area contributed by atoms with Gasteiger partial charge < -0.3 is 0 Å². The molecule has 24 heavy (non-hydrogen) atoms. The summed E-state index contributed by atoms with van der Waals surface area (Å²) >= 11 is 0. The van der Waals surface area contributed by atoms with Gasteiger partial charge in [-0.2, -0.15) is 4.57 Å². The third-order valence-corrected chi connectivity index (χ3v) is 6.22. The number of nitrogens with zero attached hydrogens (tertiary/aromatic N) is 1. The lowest BCUT2D eigenvalue weighted by atomic mass is 9.64. The molecule has 1 aromatic heterocycles. The monoisotopic (exact) mass is 320 g/mol. The normalized spacial score (nSPS) is 17.4. The molecule has 1 nitrogen and oxygen atoms in total.